The quantitative estimate of drug-likeness (QED) is 0.625. The zero-order chi connectivity index (χ0) is 9.30. The second-order valence-corrected chi connectivity index (χ2v) is 3.44. The molecule has 1 aromatic rings. The summed E-state index contributed by atoms with van der Waals surface area (Å²) in [6.45, 7) is 3.64. The van der Waals surface area contributed by atoms with E-state index in [9.17, 15) is 4.79 Å². The molecule has 1 aromatic heterocycles. The maximum absolute atomic E-state index is 11.3. The molecule has 0 saturated carbocycles. The molecular weight excluding hydrogens is 180 g/mol. The molecule has 5 nitrogen and oxygen atoms in total. The topological polar surface area (TPSA) is 52.7 Å². The lowest BCUT2D eigenvalue weighted by Gasteiger charge is -2.10. The van der Waals surface area contributed by atoms with Gasteiger partial charge in [0.1, 0.15) is 0 Å². The van der Waals surface area contributed by atoms with Crippen molar-refractivity contribution in [2.45, 2.75) is 25.3 Å². The summed E-state index contributed by atoms with van der Waals surface area (Å²) in [5.41, 5.74) is -0.241. The Morgan fingerprint density at radius 2 is 2.00 bits per heavy atom. The van der Waals surface area contributed by atoms with Crippen LogP contribution in [0.4, 0.5) is 0 Å². The highest BCUT2D eigenvalue weighted by Gasteiger charge is 2.15. The lowest BCUT2D eigenvalue weighted by molar-refractivity contribution is 0.457. The van der Waals surface area contributed by atoms with Crippen LogP contribution >= 0.6 is 11.6 Å². The molecule has 0 aliphatic heterocycles. The van der Waals surface area contributed by atoms with E-state index in [0.717, 1.165) is 0 Å². The van der Waals surface area contributed by atoms with Crippen molar-refractivity contribution in [2.24, 2.45) is 7.05 Å². The Balaban J connectivity index is 3.04. The van der Waals surface area contributed by atoms with E-state index in [2.05, 4.69) is 10.4 Å². The molecule has 12 heavy (non-hydrogen) atoms. The summed E-state index contributed by atoms with van der Waals surface area (Å²) in [7, 11) is 1.55. The van der Waals surface area contributed by atoms with E-state index >= 15 is 0 Å². The Bertz CT molecular complexity index is 316. The minimum Gasteiger partial charge on any atom is -0.244 e. The Hall–Kier alpha value is -0.840. The third kappa shape index (κ3) is 1.50. The van der Waals surface area contributed by atoms with E-state index in [-0.39, 0.29) is 17.1 Å². The summed E-state index contributed by atoms with van der Waals surface area (Å²) in [5.74, 6) is 0. The third-order valence-corrected chi connectivity index (χ3v) is 2.16. The maximum Gasteiger partial charge on any atom is 0.363 e. The van der Waals surface area contributed by atoms with Gasteiger partial charge in [0.2, 0.25) is 0 Å². The number of halogens is 1. The fraction of sp³-hybridized carbons (Fsp3) is 0.833. The first kappa shape index (κ1) is 9.25. The fourth-order valence-electron chi connectivity index (χ4n) is 0.778. The molecule has 1 rings (SSSR count). The van der Waals surface area contributed by atoms with Crippen LogP contribution in [0.1, 0.15) is 19.9 Å². The molecule has 0 radical (unpaired) electrons. The average Bonchev–Trinajstić information content (AvgIpc) is 2.32. The van der Waals surface area contributed by atoms with Gasteiger partial charge in [-0.2, -0.15) is 9.36 Å². The molecule has 0 saturated heterocycles. The molecule has 0 bridgehead atoms. The number of nitrogens with zero attached hydrogens (tertiary/aromatic N) is 4. The first-order valence-corrected chi connectivity index (χ1v) is 4.10. The molecule has 1 heterocycles. The largest absolute Gasteiger partial charge is 0.363 e. The first-order valence-electron chi connectivity index (χ1n) is 3.66. The van der Waals surface area contributed by atoms with Gasteiger partial charge in [-0.3, -0.25) is 0 Å². The minimum atomic E-state index is -0.241. The van der Waals surface area contributed by atoms with Gasteiger partial charge in [-0.25, -0.2) is 4.79 Å². The molecule has 0 amide bonds. The molecule has 0 aliphatic carbocycles. The van der Waals surface area contributed by atoms with Gasteiger partial charge in [-0.05, 0) is 24.3 Å². The van der Waals surface area contributed by atoms with Crippen molar-refractivity contribution >= 4 is 11.6 Å². The van der Waals surface area contributed by atoms with Gasteiger partial charge in [0.25, 0.3) is 0 Å². The molecule has 0 aromatic carbocycles. The highest BCUT2D eigenvalue weighted by Crippen LogP contribution is 2.11. The van der Waals surface area contributed by atoms with Crippen LogP contribution in [0.2, 0.25) is 0 Å². The van der Waals surface area contributed by atoms with Crippen LogP contribution in [0.3, 0.4) is 0 Å². The monoisotopic (exact) mass is 190 g/mol. The van der Waals surface area contributed by atoms with Gasteiger partial charge in [0.15, 0.2) is 0 Å². The van der Waals surface area contributed by atoms with Crippen molar-refractivity contribution in [1.29, 1.82) is 0 Å². The second-order valence-electron chi connectivity index (χ2n) is 2.75. The van der Waals surface area contributed by atoms with Crippen LogP contribution in [0.15, 0.2) is 4.79 Å². The molecule has 68 valence electrons. The Morgan fingerprint density at radius 3 is 2.33 bits per heavy atom. The van der Waals surface area contributed by atoms with Crippen molar-refractivity contribution in [3.05, 3.63) is 10.5 Å². The summed E-state index contributed by atoms with van der Waals surface area (Å²) in [5, 5.41) is 7.11. The van der Waals surface area contributed by atoms with E-state index < -0.39 is 0 Å². The van der Waals surface area contributed by atoms with Gasteiger partial charge in [-0.15, -0.1) is 11.6 Å². The van der Waals surface area contributed by atoms with Crippen molar-refractivity contribution in [3.63, 3.8) is 0 Å². The molecule has 6 heteroatoms. The van der Waals surface area contributed by atoms with E-state index in [4.69, 9.17) is 11.6 Å². The Morgan fingerprint density at radius 1 is 1.42 bits per heavy atom. The number of hydrogen-bond donors (Lipinski definition) is 0. The van der Waals surface area contributed by atoms with Crippen molar-refractivity contribution in [1.82, 2.24) is 19.8 Å². The van der Waals surface area contributed by atoms with Gasteiger partial charge < -0.3 is 0 Å². The van der Waals surface area contributed by atoms with Crippen molar-refractivity contribution < 1.29 is 0 Å². The lowest BCUT2D eigenvalue weighted by Crippen LogP contribution is -2.29. The smallest absolute Gasteiger partial charge is 0.244 e. The van der Waals surface area contributed by atoms with E-state index in [1.165, 1.54) is 9.36 Å². The van der Waals surface area contributed by atoms with Crippen LogP contribution in [-0.2, 0) is 7.05 Å². The molecule has 0 fully saturated rings. The third-order valence-electron chi connectivity index (χ3n) is 1.79. The minimum absolute atomic E-state index is 0.132. The van der Waals surface area contributed by atoms with E-state index in [1.54, 1.807) is 7.05 Å². The van der Waals surface area contributed by atoms with Crippen LogP contribution < -0.4 is 5.69 Å². The van der Waals surface area contributed by atoms with Gasteiger partial charge >= 0.3 is 5.69 Å². The number of aryl methyl sites for hydroxylation is 1. The maximum atomic E-state index is 11.3. The Kier molecular flexibility index (Phi) is 2.52. The molecule has 2 unspecified atom stereocenters. The molecular formula is C6H11ClN4O. The summed E-state index contributed by atoms with van der Waals surface area (Å²) in [6, 6.07) is -0.132. The average molecular weight is 191 g/mol. The van der Waals surface area contributed by atoms with Gasteiger partial charge in [0, 0.05) is 7.05 Å². The zero-order valence-electron chi connectivity index (χ0n) is 7.23. The highest BCUT2D eigenvalue weighted by atomic mass is 35.5. The van der Waals surface area contributed by atoms with Crippen LogP contribution in [-0.4, -0.2) is 25.2 Å². The van der Waals surface area contributed by atoms with Crippen molar-refractivity contribution in [3.8, 4) is 0 Å². The fourth-order valence-corrected chi connectivity index (χ4v) is 0.885. The second kappa shape index (κ2) is 3.26. The summed E-state index contributed by atoms with van der Waals surface area (Å²) in [6.07, 6.45) is 0. The number of rotatable bonds is 2. The van der Waals surface area contributed by atoms with Crippen LogP contribution in [0.25, 0.3) is 0 Å². The SMILES string of the molecule is CC(Cl)C(C)n1nnn(C)c1=O. The predicted molar refractivity (Wildman–Crippen MR) is 45.3 cm³/mol. The molecule has 2 atom stereocenters. The Labute approximate surface area is 74.9 Å². The van der Waals surface area contributed by atoms with E-state index in [0.29, 0.717) is 0 Å². The molecule has 0 spiro atoms. The standard InChI is InChI=1S/C6H11ClN4O/c1-4(7)5(2)11-6(12)10(3)8-9-11/h4-5H,1-3H3. The summed E-state index contributed by atoms with van der Waals surface area (Å²) >= 11 is 5.81. The number of alkyl halides is 1. The van der Waals surface area contributed by atoms with Crippen LogP contribution in [0, 0.1) is 0 Å². The van der Waals surface area contributed by atoms with Crippen molar-refractivity contribution in [2.75, 3.05) is 0 Å². The summed E-state index contributed by atoms with van der Waals surface area (Å²) in [4.78, 5) is 11.3. The first-order chi connectivity index (χ1) is 5.54. The summed E-state index contributed by atoms with van der Waals surface area (Å²) < 4.78 is 2.45. The lowest BCUT2D eigenvalue weighted by atomic mass is 10.3. The molecule has 0 aliphatic rings. The predicted octanol–water partition coefficient (Wildman–Crippen LogP) is 0.165. The van der Waals surface area contributed by atoms with Gasteiger partial charge in [0.05, 0.1) is 11.4 Å². The van der Waals surface area contributed by atoms with Gasteiger partial charge in [-0.1, -0.05) is 0 Å². The normalized spacial score (nSPS) is 16.0. The van der Waals surface area contributed by atoms with Crippen LogP contribution in [0.5, 0.6) is 0 Å². The number of hydrogen-bond acceptors (Lipinski definition) is 3. The zero-order valence-corrected chi connectivity index (χ0v) is 7.99. The highest BCUT2D eigenvalue weighted by molar-refractivity contribution is 6.20. The molecule has 0 N–H and O–H groups in total. The number of aromatic nitrogens is 4. The van der Waals surface area contributed by atoms with E-state index in [1.807, 2.05) is 13.8 Å². The number of tetrazole rings is 1.